The first-order valence-corrected chi connectivity index (χ1v) is 9.43. The maximum Gasteiger partial charge on any atom is 0.268 e. The van der Waals surface area contributed by atoms with Crippen LogP contribution in [0.15, 0.2) is 53.0 Å². The van der Waals surface area contributed by atoms with Crippen molar-refractivity contribution in [1.29, 1.82) is 0 Å². The lowest BCUT2D eigenvalue weighted by molar-refractivity contribution is 0.0951. The van der Waals surface area contributed by atoms with Crippen LogP contribution in [0.1, 0.15) is 48.0 Å². The summed E-state index contributed by atoms with van der Waals surface area (Å²) in [6.07, 6.45) is 9.52. The van der Waals surface area contributed by atoms with Crippen LogP contribution >= 0.6 is 0 Å². The Morgan fingerprint density at radius 3 is 2.78 bits per heavy atom. The Bertz CT molecular complexity index is 912. The van der Waals surface area contributed by atoms with Crippen LogP contribution in [-0.2, 0) is 0 Å². The SMILES string of the molecule is COc1ccccc1-n1ccc(C)c(C(=O)NCCC2=CCCCC2)c1=O. The largest absolute Gasteiger partial charge is 0.495 e. The van der Waals surface area contributed by atoms with Crippen molar-refractivity contribution in [2.24, 2.45) is 0 Å². The average Bonchev–Trinajstić information content (AvgIpc) is 2.69. The van der Waals surface area contributed by atoms with Gasteiger partial charge >= 0.3 is 0 Å². The number of nitrogens with zero attached hydrogens (tertiary/aromatic N) is 1. The molecule has 1 aliphatic carbocycles. The number of rotatable bonds is 6. The number of hydrogen-bond donors (Lipinski definition) is 1. The van der Waals surface area contributed by atoms with E-state index in [1.54, 1.807) is 38.4 Å². The summed E-state index contributed by atoms with van der Waals surface area (Å²) < 4.78 is 6.81. The number of aromatic nitrogens is 1. The van der Waals surface area contributed by atoms with Crippen LogP contribution in [0.5, 0.6) is 5.75 Å². The van der Waals surface area contributed by atoms with E-state index >= 15 is 0 Å². The number of aryl methyl sites for hydroxylation is 1. The summed E-state index contributed by atoms with van der Waals surface area (Å²) in [5.74, 6) is 0.261. The van der Waals surface area contributed by atoms with Crippen molar-refractivity contribution in [3.05, 3.63) is 69.7 Å². The van der Waals surface area contributed by atoms with E-state index in [2.05, 4.69) is 11.4 Å². The van der Waals surface area contributed by atoms with E-state index in [0.29, 0.717) is 23.5 Å². The van der Waals surface area contributed by atoms with Gasteiger partial charge < -0.3 is 10.1 Å². The zero-order valence-electron chi connectivity index (χ0n) is 16.0. The smallest absolute Gasteiger partial charge is 0.268 e. The van der Waals surface area contributed by atoms with Gasteiger partial charge in [0.25, 0.3) is 11.5 Å². The number of pyridine rings is 1. The van der Waals surface area contributed by atoms with Gasteiger partial charge in [0, 0.05) is 12.7 Å². The molecule has 0 unspecified atom stereocenters. The molecule has 1 aromatic carbocycles. The highest BCUT2D eigenvalue weighted by molar-refractivity contribution is 5.95. The van der Waals surface area contributed by atoms with Crippen LogP contribution in [-0.4, -0.2) is 24.1 Å². The van der Waals surface area contributed by atoms with Gasteiger partial charge in [0.15, 0.2) is 0 Å². The van der Waals surface area contributed by atoms with Gasteiger partial charge in [-0.3, -0.25) is 14.2 Å². The molecule has 1 amide bonds. The van der Waals surface area contributed by atoms with Crippen LogP contribution in [0.3, 0.4) is 0 Å². The van der Waals surface area contributed by atoms with Crippen molar-refractivity contribution in [3.8, 4) is 11.4 Å². The summed E-state index contributed by atoms with van der Waals surface area (Å²) in [6.45, 7) is 2.33. The Morgan fingerprint density at radius 1 is 1.22 bits per heavy atom. The normalized spacial score (nSPS) is 13.8. The van der Waals surface area contributed by atoms with E-state index in [-0.39, 0.29) is 17.0 Å². The van der Waals surface area contributed by atoms with Gasteiger partial charge in [-0.2, -0.15) is 0 Å². The van der Waals surface area contributed by atoms with E-state index in [1.165, 1.54) is 23.0 Å². The van der Waals surface area contributed by atoms with Crippen molar-refractivity contribution < 1.29 is 9.53 Å². The summed E-state index contributed by atoms with van der Waals surface area (Å²) in [4.78, 5) is 25.7. The number of amides is 1. The molecule has 0 radical (unpaired) electrons. The number of nitrogens with one attached hydrogen (secondary N) is 1. The third-order valence-corrected chi connectivity index (χ3v) is 4.99. The van der Waals surface area contributed by atoms with Crippen molar-refractivity contribution in [2.45, 2.75) is 39.0 Å². The maximum atomic E-state index is 13.0. The second-order valence-electron chi connectivity index (χ2n) is 6.83. The number of ether oxygens (including phenoxy) is 1. The lowest BCUT2D eigenvalue weighted by Crippen LogP contribution is -2.34. The first kappa shape index (κ1) is 19.0. The Morgan fingerprint density at radius 2 is 2.04 bits per heavy atom. The highest BCUT2D eigenvalue weighted by atomic mass is 16.5. The molecule has 2 aromatic rings. The second kappa shape index (κ2) is 8.71. The molecular formula is C22H26N2O3. The molecule has 0 atom stereocenters. The average molecular weight is 366 g/mol. The first-order valence-electron chi connectivity index (χ1n) is 9.43. The van der Waals surface area contributed by atoms with E-state index in [1.807, 2.05) is 12.1 Å². The molecule has 5 heteroatoms. The molecule has 1 aromatic heterocycles. The minimum atomic E-state index is -0.339. The van der Waals surface area contributed by atoms with E-state index in [9.17, 15) is 9.59 Å². The molecule has 5 nitrogen and oxygen atoms in total. The number of methoxy groups -OCH3 is 1. The minimum absolute atomic E-state index is 0.182. The molecular weight excluding hydrogens is 340 g/mol. The van der Waals surface area contributed by atoms with E-state index in [4.69, 9.17) is 4.74 Å². The van der Waals surface area contributed by atoms with Crippen molar-refractivity contribution in [2.75, 3.05) is 13.7 Å². The minimum Gasteiger partial charge on any atom is -0.495 e. The van der Waals surface area contributed by atoms with Crippen molar-refractivity contribution >= 4 is 5.91 Å². The zero-order valence-corrected chi connectivity index (χ0v) is 16.0. The van der Waals surface area contributed by atoms with Gasteiger partial charge in [0.05, 0.1) is 12.8 Å². The van der Waals surface area contributed by atoms with Gasteiger partial charge in [-0.05, 0) is 62.8 Å². The van der Waals surface area contributed by atoms with Gasteiger partial charge in [-0.1, -0.05) is 23.8 Å². The molecule has 0 spiro atoms. The lowest BCUT2D eigenvalue weighted by atomic mass is 9.97. The molecule has 142 valence electrons. The first-order chi connectivity index (χ1) is 13.1. The molecule has 0 saturated heterocycles. The predicted octanol–water partition coefficient (Wildman–Crippen LogP) is 3.77. The number of carbonyl (C=O) groups is 1. The number of carbonyl (C=O) groups excluding carboxylic acids is 1. The highest BCUT2D eigenvalue weighted by Crippen LogP contribution is 2.21. The lowest BCUT2D eigenvalue weighted by Gasteiger charge is -2.15. The summed E-state index contributed by atoms with van der Waals surface area (Å²) >= 11 is 0. The summed E-state index contributed by atoms with van der Waals surface area (Å²) in [7, 11) is 1.56. The zero-order chi connectivity index (χ0) is 19.2. The Kier molecular flexibility index (Phi) is 6.12. The standard InChI is InChI=1S/C22H26N2O3/c1-16-13-15-24(18-10-6-7-11-19(18)27-2)22(26)20(16)21(25)23-14-12-17-8-4-3-5-9-17/h6-8,10-11,13,15H,3-5,9,12,14H2,1-2H3,(H,23,25). The molecule has 1 heterocycles. The number of hydrogen-bond acceptors (Lipinski definition) is 3. The molecule has 0 saturated carbocycles. The fourth-order valence-electron chi connectivity index (χ4n) is 3.48. The molecule has 1 aliphatic rings. The van der Waals surface area contributed by atoms with Gasteiger partial charge in [-0.25, -0.2) is 0 Å². The van der Waals surface area contributed by atoms with Crippen molar-refractivity contribution in [1.82, 2.24) is 9.88 Å². The Hall–Kier alpha value is -2.82. The van der Waals surface area contributed by atoms with Gasteiger partial charge in [0.1, 0.15) is 11.3 Å². The molecule has 1 N–H and O–H groups in total. The molecule has 27 heavy (non-hydrogen) atoms. The monoisotopic (exact) mass is 366 g/mol. The quantitative estimate of drug-likeness (QED) is 0.792. The summed E-state index contributed by atoms with van der Waals surface area (Å²) in [5.41, 5.74) is 2.53. The predicted molar refractivity (Wildman–Crippen MR) is 107 cm³/mol. The topological polar surface area (TPSA) is 60.3 Å². The second-order valence-corrected chi connectivity index (χ2v) is 6.83. The highest BCUT2D eigenvalue weighted by Gasteiger charge is 2.17. The van der Waals surface area contributed by atoms with Crippen LogP contribution in [0.4, 0.5) is 0 Å². The van der Waals surface area contributed by atoms with Crippen molar-refractivity contribution in [3.63, 3.8) is 0 Å². The fraction of sp³-hybridized carbons (Fsp3) is 0.364. The molecule has 0 bridgehead atoms. The van der Waals surface area contributed by atoms with Crippen LogP contribution < -0.4 is 15.6 Å². The fourth-order valence-corrected chi connectivity index (χ4v) is 3.48. The Labute approximate surface area is 159 Å². The third-order valence-electron chi connectivity index (χ3n) is 4.99. The Balaban J connectivity index is 1.81. The van der Waals surface area contributed by atoms with E-state index < -0.39 is 0 Å². The van der Waals surface area contributed by atoms with Crippen LogP contribution in [0, 0.1) is 6.92 Å². The third kappa shape index (κ3) is 4.30. The van der Waals surface area contributed by atoms with E-state index in [0.717, 1.165) is 19.3 Å². The van der Waals surface area contributed by atoms with Gasteiger partial charge in [-0.15, -0.1) is 0 Å². The molecule has 0 fully saturated rings. The summed E-state index contributed by atoms with van der Waals surface area (Å²) in [5, 5.41) is 2.91. The molecule has 3 rings (SSSR count). The van der Waals surface area contributed by atoms with Crippen LogP contribution in [0.2, 0.25) is 0 Å². The number of para-hydroxylation sites is 2. The van der Waals surface area contributed by atoms with Crippen LogP contribution in [0.25, 0.3) is 5.69 Å². The maximum absolute atomic E-state index is 13.0. The summed E-state index contributed by atoms with van der Waals surface area (Å²) in [6, 6.07) is 9.05. The molecule has 0 aliphatic heterocycles. The number of benzene rings is 1. The number of allylic oxidation sites excluding steroid dienone is 1. The van der Waals surface area contributed by atoms with Gasteiger partial charge in [0.2, 0.25) is 0 Å².